The fourth-order valence-electron chi connectivity index (χ4n) is 1.48. The van der Waals surface area contributed by atoms with Crippen LogP contribution >= 0.6 is 27.7 Å². The molecule has 0 bridgehead atoms. The van der Waals surface area contributed by atoms with Crippen LogP contribution in [-0.2, 0) is 12.3 Å². The van der Waals surface area contributed by atoms with Gasteiger partial charge in [-0.3, -0.25) is 0 Å². The van der Waals surface area contributed by atoms with E-state index in [0.717, 1.165) is 28.3 Å². The van der Waals surface area contributed by atoms with E-state index in [0.29, 0.717) is 0 Å². The van der Waals surface area contributed by atoms with E-state index in [1.165, 1.54) is 4.90 Å². The highest BCUT2D eigenvalue weighted by atomic mass is 79.9. The molecule has 0 saturated carbocycles. The second kappa shape index (κ2) is 6.28. The van der Waals surface area contributed by atoms with Crippen LogP contribution < -0.4 is 5.32 Å². The Labute approximate surface area is 114 Å². The summed E-state index contributed by atoms with van der Waals surface area (Å²) in [4.78, 5) is 1.24. The third kappa shape index (κ3) is 3.63. The molecule has 4 heteroatoms. The molecule has 1 aromatic carbocycles. The second-order valence-electron chi connectivity index (χ2n) is 3.62. The van der Waals surface area contributed by atoms with Gasteiger partial charge < -0.3 is 9.73 Å². The maximum Gasteiger partial charge on any atom is 0.117 e. The quantitative estimate of drug-likeness (QED) is 0.843. The van der Waals surface area contributed by atoms with Gasteiger partial charge in [0.25, 0.3) is 0 Å². The molecule has 0 radical (unpaired) electrons. The van der Waals surface area contributed by atoms with Gasteiger partial charge in [0.2, 0.25) is 0 Å². The molecule has 0 aliphatic carbocycles. The molecule has 0 amide bonds. The second-order valence-corrected chi connectivity index (χ2v) is 5.49. The number of hydrogen-bond acceptors (Lipinski definition) is 3. The number of benzene rings is 1. The van der Waals surface area contributed by atoms with E-state index in [4.69, 9.17) is 4.42 Å². The molecule has 2 nitrogen and oxygen atoms in total. The van der Waals surface area contributed by atoms with Crippen molar-refractivity contribution in [1.29, 1.82) is 0 Å². The Morgan fingerprint density at radius 1 is 1.18 bits per heavy atom. The highest BCUT2D eigenvalue weighted by Crippen LogP contribution is 2.30. The van der Waals surface area contributed by atoms with Gasteiger partial charge in [-0.1, -0.05) is 12.1 Å². The van der Waals surface area contributed by atoms with Crippen molar-refractivity contribution >= 4 is 27.7 Å². The number of thioether (sulfide) groups is 1. The van der Waals surface area contributed by atoms with Crippen LogP contribution in [0.15, 0.2) is 50.2 Å². The number of rotatable bonds is 5. The van der Waals surface area contributed by atoms with Gasteiger partial charge in [0, 0.05) is 9.37 Å². The Morgan fingerprint density at radius 2 is 1.94 bits per heavy atom. The zero-order chi connectivity index (χ0) is 12.1. The van der Waals surface area contributed by atoms with Crippen molar-refractivity contribution in [3.05, 3.63) is 52.4 Å². The summed E-state index contributed by atoms with van der Waals surface area (Å²) in [5.74, 6) is 2.85. The summed E-state index contributed by atoms with van der Waals surface area (Å²) < 4.78 is 6.82. The van der Waals surface area contributed by atoms with Gasteiger partial charge in [0.15, 0.2) is 0 Å². The molecule has 17 heavy (non-hydrogen) atoms. The van der Waals surface area contributed by atoms with E-state index < -0.39 is 0 Å². The maximum atomic E-state index is 5.69. The molecular weight excluding hydrogens is 298 g/mol. The minimum atomic E-state index is 0.777. The fourth-order valence-corrected chi connectivity index (χ4v) is 2.94. The van der Waals surface area contributed by atoms with Crippen LogP contribution in [0.2, 0.25) is 0 Å². The average molecular weight is 312 g/mol. The van der Waals surface area contributed by atoms with Crippen LogP contribution in [0, 0.1) is 0 Å². The molecule has 0 saturated heterocycles. The first-order chi connectivity index (χ1) is 8.29. The average Bonchev–Trinajstić information content (AvgIpc) is 2.76. The molecule has 0 aliphatic heterocycles. The molecule has 1 heterocycles. The number of hydrogen-bond donors (Lipinski definition) is 1. The predicted octanol–water partition coefficient (Wildman–Crippen LogP) is 4.05. The third-order valence-electron chi connectivity index (χ3n) is 2.27. The summed E-state index contributed by atoms with van der Waals surface area (Å²) in [6, 6.07) is 12.3. The standard InChI is InChI=1S/C13H14BrNOS/c1-15-8-10-6-7-11(16-10)9-17-13-5-3-2-4-12(13)14/h2-7,15H,8-9H2,1H3. The van der Waals surface area contributed by atoms with Gasteiger partial charge >= 0.3 is 0 Å². The summed E-state index contributed by atoms with van der Waals surface area (Å²) >= 11 is 5.31. The Hall–Kier alpha value is -0.710. The number of halogens is 1. The fraction of sp³-hybridized carbons (Fsp3) is 0.231. The molecular formula is C13H14BrNOS. The van der Waals surface area contributed by atoms with E-state index in [-0.39, 0.29) is 0 Å². The minimum absolute atomic E-state index is 0.777. The van der Waals surface area contributed by atoms with Gasteiger partial charge in [0.1, 0.15) is 11.5 Å². The van der Waals surface area contributed by atoms with Gasteiger partial charge in [-0.25, -0.2) is 0 Å². The van der Waals surface area contributed by atoms with Crippen molar-refractivity contribution in [3.63, 3.8) is 0 Å². The molecule has 1 N–H and O–H groups in total. The van der Waals surface area contributed by atoms with Crippen LogP contribution in [0.5, 0.6) is 0 Å². The summed E-state index contributed by atoms with van der Waals surface area (Å²) in [6.45, 7) is 0.777. The summed E-state index contributed by atoms with van der Waals surface area (Å²) in [7, 11) is 1.91. The van der Waals surface area contributed by atoms with Crippen molar-refractivity contribution in [1.82, 2.24) is 5.32 Å². The molecule has 0 spiro atoms. The van der Waals surface area contributed by atoms with Crippen LogP contribution in [0.1, 0.15) is 11.5 Å². The number of furan rings is 1. The lowest BCUT2D eigenvalue weighted by Gasteiger charge is -2.02. The van der Waals surface area contributed by atoms with Crippen LogP contribution in [0.3, 0.4) is 0 Å². The molecule has 0 aliphatic rings. The van der Waals surface area contributed by atoms with E-state index in [2.05, 4.69) is 33.4 Å². The van der Waals surface area contributed by atoms with Gasteiger partial charge in [-0.2, -0.15) is 0 Å². The van der Waals surface area contributed by atoms with Crippen molar-refractivity contribution < 1.29 is 4.42 Å². The largest absolute Gasteiger partial charge is 0.464 e. The topological polar surface area (TPSA) is 25.2 Å². The van der Waals surface area contributed by atoms with Crippen LogP contribution in [0.25, 0.3) is 0 Å². The first-order valence-corrected chi connectivity index (χ1v) is 7.17. The van der Waals surface area contributed by atoms with Crippen LogP contribution in [-0.4, -0.2) is 7.05 Å². The zero-order valence-electron chi connectivity index (χ0n) is 9.57. The summed E-state index contributed by atoms with van der Waals surface area (Å²) in [5.41, 5.74) is 0. The Balaban J connectivity index is 1.95. The van der Waals surface area contributed by atoms with Crippen molar-refractivity contribution in [2.24, 2.45) is 0 Å². The first kappa shape index (κ1) is 12.7. The first-order valence-electron chi connectivity index (χ1n) is 5.39. The Kier molecular flexibility index (Phi) is 4.71. The van der Waals surface area contributed by atoms with Gasteiger partial charge in [0.05, 0.1) is 12.3 Å². The summed E-state index contributed by atoms with van der Waals surface area (Å²) in [5, 5.41) is 3.07. The van der Waals surface area contributed by atoms with Crippen molar-refractivity contribution in [2.75, 3.05) is 7.05 Å². The normalized spacial score (nSPS) is 10.7. The van der Waals surface area contributed by atoms with Crippen molar-refractivity contribution in [3.8, 4) is 0 Å². The van der Waals surface area contributed by atoms with Gasteiger partial charge in [-0.15, -0.1) is 11.8 Å². The van der Waals surface area contributed by atoms with E-state index in [1.54, 1.807) is 11.8 Å². The maximum absolute atomic E-state index is 5.69. The van der Waals surface area contributed by atoms with E-state index in [1.807, 2.05) is 31.3 Å². The van der Waals surface area contributed by atoms with Crippen molar-refractivity contribution in [2.45, 2.75) is 17.2 Å². The lowest BCUT2D eigenvalue weighted by atomic mass is 10.4. The molecule has 1 aromatic heterocycles. The highest BCUT2D eigenvalue weighted by molar-refractivity contribution is 9.10. The lowest BCUT2D eigenvalue weighted by molar-refractivity contribution is 0.469. The Bertz CT molecular complexity index is 484. The third-order valence-corrected chi connectivity index (χ3v) is 4.32. The highest BCUT2D eigenvalue weighted by Gasteiger charge is 2.04. The lowest BCUT2D eigenvalue weighted by Crippen LogP contribution is -2.03. The minimum Gasteiger partial charge on any atom is -0.464 e. The molecule has 0 unspecified atom stereocenters. The zero-order valence-corrected chi connectivity index (χ0v) is 12.0. The summed E-state index contributed by atoms with van der Waals surface area (Å²) in [6.07, 6.45) is 0. The molecule has 0 fully saturated rings. The van der Waals surface area contributed by atoms with E-state index >= 15 is 0 Å². The Morgan fingerprint density at radius 3 is 2.71 bits per heavy atom. The van der Waals surface area contributed by atoms with Gasteiger partial charge in [-0.05, 0) is 47.2 Å². The smallest absolute Gasteiger partial charge is 0.117 e. The molecule has 0 atom stereocenters. The monoisotopic (exact) mass is 311 g/mol. The molecule has 2 rings (SSSR count). The molecule has 2 aromatic rings. The number of nitrogens with one attached hydrogen (secondary N) is 1. The SMILES string of the molecule is CNCc1ccc(CSc2ccccc2Br)o1. The van der Waals surface area contributed by atoms with E-state index in [9.17, 15) is 0 Å². The predicted molar refractivity (Wildman–Crippen MR) is 75.2 cm³/mol. The molecule has 90 valence electrons. The van der Waals surface area contributed by atoms with Crippen LogP contribution in [0.4, 0.5) is 0 Å².